The van der Waals surface area contributed by atoms with E-state index in [1.807, 2.05) is 0 Å². The van der Waals surface area contributed by atoms with E-state index in [1.54, 1.807) is 0 Å². The normalized spacial score (nSPS) is 13.7. The first-order valence-corrected chi connectivity index (χ1v) is 26.0. The van der Waals surface area contributed by atoms with E-state index in [0.717, 1.165) is 103 Å². The van der Waals surface area contributed by atoms with E-state index in [1.165, 1.54) is 103 Å². The topological polar surface area (TPSA) is 95.9 Å². The minimum Gasteiger partial charge on any atom is -0.462 e. The maximum absolute atomic E-state index is 13.2. The summed E-state index contributed by atoms with van der Waals surface area (Å²) < 4.78 is 5.92. The molecule has 0 heterocycles. The fourth-order valence-electron chi connectivity index (χ4n) is 7.65. The summed E-state index contributed by atoms with van der Waals surface area (Å²) in [6.07, 6.45) is 59.9. The Morgan fingerprint density at radius 1 is 0.492 bits per heavy atom. The molecular weight excluding hydrogens is 755 g/mol. The third kappa shape index (κ3) is 44.0. The summed E-state index contributed by atoms with van der Waals surface area (Å²) >= 11 is 0. The highest BCUT2D eigenvalue weighted by atomic mass is 16.5. The first kappa shape index (κ1) is 58.6. The summed E-state index contributed by atoms with van der Waals surface area (Å²) in [5.74, 6) is -0.511. The lowest BCUT2D eigenvalue weighted by molar-refractivity contribution is -0.151. The van der Waals surface area contributed by atoms with Crippen molar-refractivity contribution in [2.45, 2.75) is 270 Å². The molecule has 0 saturated heterocycles. The molecule has 61 heavy (non-hydrogen) atoms. The third-order valence-electron chi connectivity index (χ3n) is 11.6. The van der Waals surface area contributed by atoms with Crippen LogP contribution in [0.15, 0.2) is 60.8 Å². The summed E-state index contributed by atoms with van der Waals surface area (Å²) in [6, 6.07) is -0.712. The van der Waals surface area contributed by atoms with Crippen LogP contribution >= 0.6 is 0 Å². The van der Waals surface area contributed by atoms with Crippen LogP contribution < -0.4 is 5.32 Å². The van der Waals surface area contributed by atoms with Crippen LogP contribution in [0.2, 0.25) is 0 Å². The maximum Gasteiger partial charge on any atom is 0.306 e. The molecule has 0 aliphatic rings. The summed E-state index contributed by atoms with van der Waals surface area (Å²) in [5.41, 5.74) is 0. The zero-order valence-electron chi connectivity index (χ0n) is 40.3. The van der Waals surface area contributed by atoms with Gasteiger partial charge in [-0.2, -0.15) is 0 Å². The van der Waals surface area contributed by atoms with E-state index in [0.29, 0.717) is 19.3 Å². The number of amides is 1. The molecule has 0 bridgehead atoms. The number of aliphatic hydroxyl groups excluding tert-OH is 2. The minimum atomic E-state index is -0.796. The van der Waals surface area contributed by atoms with Crippen molar-refractivity contribution in [1.29, 1.82) is 0 Å². The second-order valence-electron chi connectivity index (χ2n) is 17.5. The van der Waals surface area contributed by atoms with Crippen molar-refractivity contribution in [2.75, 3.05) is 6.61 Å². The van der Waals surface area contributed by atoms with Gasteiger partial charge in [0.05, 0.1) is 25.2 Å². The van der Waals surface area contributed by atoms with Crippen LogP contribution in [0.3, 0.4) is 0 Å². The smallest absolute Gasteiger partial charge is 0.306 e. The zero-order chi connectivity index (χ0) is 44.5. The number of ether oxygens (including phenoxy) is 1. The van der Waals surface area contributed by atoms with Crippen LogP contribution in [-0.2, 0) is 14.3 Å². The summed E-state index contributed by atoms with van der Waals surface area (Å²) in [6.45, 7) is 6.34. The summed E-state index contributed by atoms with van der Waals surface area (Å²) in [5, 5.41) is 23.8. The SMILES string of the molecule is CC/C=C/C/C=C/C/C=C/CCCCCCC(=O)OC(CCCCCCC/C=C\C/C=C\CCCCC)CC(=O)NC(CO)C(O)CCCCCCCCCCCCCCC. The largest absolute Gasteiger partial charge is 0.462 e. The fourth-order valence-corrected chi connectivity index (χ4v) is 7.65. The molecule has 6 nitrogen and oxygen atoms in total. The Kier molecular flexibility index (Phi) is 46.6. The Balaban J connectivity index is 4.64. The molecule has 0 rings (SSSR count). The number of rotatable bonds is 46. The first-order valence-electron chi connectivity index (χ1n) is 26.0. The van der Waals surface area contributed by atoms with Gasteiger partial charge in [0.25, 0.3) is 0 Å². The number of hydrogen-bond donors (Lipinski definition) is 3. The molecular formula is C55H99NO5. The monoisotopic (exact) mass is 854 g/mol. The zero-order valence-corrected chi connectivity index (χ0v) is 40.3. The predicted molar refractivity (Wildman–Crippen MR) is 264 cm³/mol. The van der Waals surface area contributed by atoms with Crippen LogP contribution in [0.1, 0.15) is 252 Å². The molecule has 0 saturated carbocycles. The number of nitrogens with one attached hydrogen (secondary N) is 1. The Morgan fingerprint density at radius 2 is 0.885 bits per heavy atom. The van der Waals surface area contributed by atoms with Gasteiger partial charge in [0.2, 0.25) is 5.91 Å². The number of aliphatic hydroxyl groups is 2. The van der Waals surface area contributed by atoms with E-state index in [2.05, 4.69) is 86.8 Å². The molecule has 0 aliphatic heterocycles. The quantitative estimate of drug-likeness (QED) is 0.0322. The van der Waals surface area contributed by atoms with Crippen molar-refractivity contribution in [3.05, 3.63) is 60.8 Å². The molecule has 0 aromatic carbocycles. The van der Waals surface area contributed by atoms with E-state index in [9.17, 15) is 19.8 Å². The average molecular weight is 854 g/mol. The summed E-state index contributed by atoms with van der Waals surface area (Å²) in [4.78, 5) is 26.1. The van der Waals surface area contributed by atoms with Crippen molar-refractivity contribution in [3.8, 4) is 0 Å². The van der Waals surface area contributed by atoms with Crippen LogP contribution in [0, 0.1) is 0 Å². The van der Waals surface area contributed by atoms with E-state index < -0.39 is 18.2 Å². The van der Waals surface area contributed by atoms with Crippen LogP contribution in [-0.4, -0.2) is 46.9 Å². The first-order chi connectivity index (χ1) is 30.0. The molecule has 1 amide bonds. The second-order valence-corrected chi connectivity index (χ2v) is 17.5. The predicted octanol–water partition coefficient (Wildman–Crippen LogP) is 15.6. The Hall–Kier alpha value is -2.44. The van der Waals surface area contributed by atoms with Gasteiger partial charge in [-0.25, -0.2) is 0 Å². The Labute approximate surface area is 378 Å². The lowest BCUT2D eigenvalue weighted by Crippen LogP contribution is -2.46. The van der Waals surface area contributed by atoms with Crippen molar-refractivity contribution in [1.82, 2.24) is 5.32 Å². The molecule has 3 unspecified atom stereocenters. The number of hydrogen-bond acceptors (Lipinski definition) is 5. The lowest BCUT2D eigenvalue weighted by atomic mass is 10.0. The Morgan fingerprint density at radius 3 is 1.38 bits per heavy atom. The molecule has 6 heteroatoms. The van der Waals surface area contributed by atoms with Gasteiger partial charge in [0.15, 0.2) is 0 Å². The number of allylic oxidation sites excluding steroid dienone is 10. The molecule has 0 aromatic heterocycles. The number of carbonyl (C=O) groups is 2. The lowest BCUT2D eigenvalue weighted by Gasteiger charge is -2.24. The van der Waals surface area contributed by atoms with Crippen molar-refractivity contribution in [2.24, 2.45) is 0 Å². The highest BCUT2D eigenvalue weighted by Crippen LogP contribution is 2.17. The highest BCUT2D eigenvalue weighted by molar-refractivity contribution is 5.77. The average Bonchev–Trinajstić information content (AvgIpc) is 3.25. The molecule has 3 atom stereocenters. The van der Waals surface area contributed by atoms with Crippen molar-refractivity contribution in [3.63, 3.8) is 0 Å². The van der Waals surface area contributed by atoms with Crippen LogP contribution in [0.5, 0.6) is 0 Å². The maximum atomic E-state index is 13.2. The van der Waals surface area contributed by atoms with Gasteiger partial charge in [0.1, 0.15) is 6.10 Å². The number of esters is 1. The van der Waals surface area contributed by atoms with E-state index >= 15 is 0 Å². The van der Waals surface area contributed by atoms with E-state index in [4.69, 9.17) is 4.74 Å². The van der Waals surface area contributed by atoms with Crippen molar-refractivity contribution >= 4 is 11.9 Å². The van der Waals surface area contributed by atoms with Crippen LogP contribution in [0.4, 0.5) is 0 Å². The molecule has 0 spiro atoms. The van der Waals surface area contributed by atoms with Gasteiger partial charge in [-0.15, -0.1) is 0 Å². The molecule has 0 fully saturated rings. The van der Waals surface area contributed by atoms with Gasteiger partial charge in [0, 0.05) is 6.42 Å². The highest BCUT2D eigenvalue weighted by Gasteiger charge is 2.24. The van der Waals surface area contributed by atoms with Crippen LogP contribution in [0.25, 0.3) is 0 Å². The molecule has 0 aliphatic carbocycles. The van der Waals surface area contributed by atoms with Gasteiger partial charge >= 0.3 is 5.97 Å². The number of carbonyl (C=O) groups excluding carboxylic acids is 2. The van der Waals surface area contributed by atoms with Gasteiger partial charge in [-0.1, -0.05) is 210 Å². The van der Waals surface area contributed by atoms with Crippen molar-refractivity contribution < 1.29 is 24.5 Å². The molecule has 0 radical (unpaired) electrons. The Bertz CT molecular complexity index is 1090. The molecule has 0 aromatic rings. The minimum absolute atomic E-state index is 0.0580. The van der Waals surface area contributed by atoms with E-state index in [-0.39, 0.29) is 24.9 Å². The van der Waals surface area contributed by atoms with Gasteiger partial charge in [-0.3, -0.25) is 9.59 Å². The van der Waals surface area contributed by atoms with Gasteiger partial charge in [-0.05, 0) is 89.9 Å². The standard InChI is InChI=1S/C55H99NO5/c1-4-7-10-13-16-19-22-25-27-29-31-34-37-40-43-46-51(61-55(60)48-45-42-39-36-33-30-26-23-20-17-14-11-8-5-2)49-54(59)56-52(50-57)53(58)47-44-41-38-35-32-28-24-21-18-15-12-9-6-3/h8,11,16-17,19-20,25-27,30,51-53,57-58H,4-7,9-10,12-15,18,21-24,28-29,31-50H2,1-3H3,(H,56,59)/b11-8+,19-16-,20-17+,27-25-,30-26+. The number of unbranched alkanes of at least 4 members (excludes halogenated alkanes) is 24. The molecule has 354 valence electrons. The van der Waals surface area contributed by atoms with Gasteiger partial charge < -0.3 is 20.3 Å². The molecule has 3 N–H and O–H groups in total. The second kappa shape index (κ2) is 48.6. The summed E-state index contributed by atoms with van der Waals surface area (Å²) in [7, 11) is 0. The fraction of sp³-hybridized carbons (Fsp3) is 0.782. The third-order valence-corrected chi connectivity index (χ3v) is 11.6.